The molecule has 0 aliphatic rings. The molecule has 4 nitrogen and oxygen atoms in total. The van der Waals surface area contributed by atoms with Crippen molar-refractivity contribution < 1.29 is 19.1 Å². The maximum Gasteiger partial charge on any atom is 0.333 e. The van der Waals surface area contributed by atoms with Crippen LogP contribution in [0.25, 0.3) is 0 Å². The molecular formula is C19H30O4. The highest BCUT2D eigenvalue weighted by Gasteiger charge is 2.09. The highest BCUT2D eigenvalue weighted by molar-refractivity contribution is 5.88. The number of carbonyl (C=O) groups excluding carboxylic acids is 2. The second-order valence-electron chi connectivity index (χ2n) is 5.66. The van der Waals surface area contributed by atoms with Crippen LogP contribution >= 0.6 is 0 Å². The van der Waals surface area contributed by atoms with Gasteiger partial charge in [-0.2, -0.15) is 0 Å². The van der Waals surface area contributed by atoms with Gasteiger partial charge in [0.2, 0.25) is 0 Å². The zero-order valence-corrected chi connectivity index (χ0v) is 15.1. The standard InChI is InChI=1S/C19H30O4/c1-6-22-19(21)18(11-7-9-15(2)3)12-8-10-16(4)13-14-23-17(5)20/h9,12-13H,6-8,10-11,14H2,1-5H3. The maximum atomic E-state index is 12.0. The fourth-order valence-electron chi connectivity index (χ4n) is 1.91. The van der Waals surface area contributed by atoms with E-state index in [-0.39, 0.29) is 11.9 Å². The van der Waals surface area contributed by atoms with Gasteiger partial charge < -0.3 is 9.47 Å². The van der Waals surface area contributed by atoms with Crippen LogP contribution in [0.15, 0.2) is 34.9 Å². The van der Waals surface area contributed by atoms with Crippen molar-refractivity contribution in [2.75, 3.05) is 13.2 Å². The van der Waals surface area contributed by atoms with Gasteiger partial charge in [0, 0.05) is 12.5 Å². The minimum atomic E-state index is -0.280. The smallest absolute Gasteiger partial charge is 0.333 e. The summed E-state index contributed by atoms with van der Waals surface area (Å²) in [6, 6.07) is 0. The Labute approximate surface area is 140 Å². The van der Waals surface area contributed by atoms with Gasteiger partial charge in [-0.3, -0.25) is 4.79 Å². The molecule has 0 aliphatic carbocycles. The van der Waals surface area contributed by atoms with Gasteiger partial charge in [0.1, 0.15) is 6.61 Å². The third kappa shape index (κ3) is 12.4. The summed E-state index contributed by atoms with van der Waals surface area (Å²) in [6.07, 6.45) is 9.10. The molecule has 0 N–H and O–H groups in total. The van der Waals surface area contributed by atoms with E-state index in [1.807, 2.05) is 39.8 Å². The number of hydrogen-bond donors (Lipinski definition) is 0. The quantitative estimate of drug-likeness (QED) is 0.337. The lowest BCUT2D eigenvalue weighted by molar-refractivity contribution is -0.140. The van der Waals surface area contributed by atoms with Crippen LogP contribution in [0, 0.1) is 0 Å². The number of hydrogen-bond acceptors (Lipinski definition) is 4. The van der Waals surface area contributed by atoms with Crippen molar-refractivity contribution in [2.24, 2.45) is 0 Å². The molecule has 0 saturated carbocycles. The first-order valence-electron chi connectivity index (χ1n) is 8.15. The predicted octanol–water partition coefficient (Wildman–Crippen LogP) is 4.51. The first-order valence-corrected chi connectivity index (χ1v) is 8.15. The zero-order chi connectivity index (χ0) is 17.7. The number of rotatable bonds is 10. The van der Waals surface area contributed by atoms with E-state index in [1.54, 1.807) is 0 Å². The number of ether oxygens (including phenoxy) is 2. The van der Waals surface area contributed by atoms with Crippen molar-refractivity contribution in [3.8, 4) is 0 Å². The Morgan fingerprint density at radius 1 is 0.870 bits per heavy atom. The molecule has 0 spiro atoms. The first kappa shape index (κ1) is 21.2. The highest BCUT2D eigenvalue weighted by Crippen LogP contribution is 2.13. The van der Waals surface area contributed by atoms with E-state index in [1.165, 1.54) is 12.5 Å². The Balaban J connectivity index is 4.52. The van der Waals surface area contributed by atoms with E-state index >= 15 is 0 Å². The van der Waals surface area contributed by atoms with Gasteiger partial charge in [0.25, 0.3) is 0 Å². The summed E-state index contributed by atoms with van der Waals surface area (Å²) in [7, 11) is 0. The molecule has 0 heterocycles. The molecule has 0 radical (unpaired) electrons. The summed E-state index contributed by atoms with van der Waals surface area (Å²) in [5.74, 6) is -0.506. The van der Waals surface area contributed by atoms with Crippen LogP contribution in [0.4, 0.5) is 0 Å². The van der Waals surface area contributed by atoms with E-state index in [4.69, 9.17) is 9.47 Å². The SMILES string of the molecule is CCOC(=O)C(=CCCC(C)=CCOC(C)=O)CCC=C(C)C. The Morgan fingerprint density at radius 3 is 2.09 bits per heavy atom. The fourth-order valence-corrected chi connectivity index (χ4v) is 1.91. The second-order valence-corrected chi connectivity index (χ2v) is 5.66. The van der Waals surface area contributed by atoms with E-state index in [2.05, 4.69) is 6.08 Å². The van der Waals surface area contributed by atoms with Crippen molar-refractivity contribution in [1.29, 1.82) is 0 Å². The van der Waals surface area contributed by atoms with E-state index in [0.717, 1.165) is 30.4 Å². The highest BCUT2D eigenvalue weighted by atomic mass is 16.5. The zero-order valence-electron chi connectivity index (χ0n) is 15.1. The summed E-state index contributed by atoms with van der Waals surface area (Å²) in [5, 5.41) is 0. The second kappa shape index (κ2) is 12.7. The van der Waals surface area contributed by atoms with Crippen molar-refractivity contribution in [3.05, 3.63) is 34.9 Å². The summed E-state index contributed by atoms with van der Waals surface area (Å²) in [6.45, 7) is 9.98. The molecule has 0 aromatic heterocycles. The number of esters is 2. The van der Waals surface area contributed by atoms with Gasteiger partial charge in [0.15, 0.2) is 0 Å². The molecule has 0 unspecified atom stereocenters. The summed E-state index contributed by atoms with van der Waals surface area (Å²) >= 11 is 0. The van der Waals surface area contributed by atoms with Gasteiger partial charge in [-0.05, 0) is 59.5 Å². The van der Waals surface area contributed by atoms with Crippen LogP contribution in [0.1, 0.15) is 60.3 Å². The van der Waals surface area contributed by atoms with Gasteiger partial charge in [-0.1, -0.05) is 23.3 Å². The molecule has 0 aromatic carbocycles. The molecule has 0 amide bonds. The Kier molecular flexibility index (Phi) is 11.7. The van der Waals surface area contributed by atoms with Crippen molar-refractivity contribution in [3.63, 3.8) is 0 Å². The Hall–Kier alpha value is -1.84. The molecule has 0 saturated heterocycles. The Morgan fingerprint density at radius 2 is 1.52 bits per heavy atom. The Bertz CT molecular complexity index is 466. The maximum absolute atomic E-state index is 12.0. The molecule has 0 bridgehead atoms. The topological polar surface area (TPSA) is 52.6 Å². The molecule has 0 rings (SSSR count). The van der Waals surface area contributed by atoms with Gasteiger partial charge in [-0.15, -0.1) is 0 Å². The molecule has 130 valence electrons. The average molecular weight is 322 g/mol. The van der Waals surface area contributed by atoms with Crippen LogP contribution in [-0.4, -0.2) is 25.2 Å². The van der Waals surface area contributed by atoms with Gasteiger partial charge >= 0.3 is 11.9 Å². The van der Waals surface area contributed by atoms with Crippen molar-refractivity contribution >= 4 is 11.9 Å². The van der Waals surface area contributed by atoms with Crippen LogP contribution in [-0.2, 0) is 19.1 Å². The lowest BCUT2D eigenvalue weighted by atomic mass is 10.1. The summed E-state index contributed by atoms with van der Waals surface area (Å²) in [5.41, 5.74) is 3.12. The average Bonchev–Trinajstić information content (AvgIpc) is 2.45. The van der Waals surface area contributed by atoms with Crippen LogP contribution in [0.3, 0.4) is 0 Å². The number of carbonyl (C=O) groups is 2. The molecule has 0 fully saturated rings. The fraction of sp³-hybridized carbons (Fsp3) is 0.579. The molecule has 0 aromatic rings. The van der Waals surface area contributed by atoms with E-state index in [0.29, 0.717) is 19.6 Å². The third-order valence-electron chi connectivity index (χ3n) is 3.15. The van der Waals surface area contributed by atoms with E-state index in [9.17, 15) is 9.59 Å². The predicted molar refractivity (Wildman–Crippen MR) is 93.0 cm³/mol. The van der Waals surface area contributed by atoms with Gasteiger partial charge in [0.05, 0.1) is 6.61 Å². The monoisotopic (exact) mass is 322 g/mol. The normalized spacial score (nSPS) is 11.9. The van der Waals surface area contributed by atoms with Gasteiger partial charge in [-0.25, -0.2) is 4.79 Å². The summed E-state index contributed by atoms with van der Waals surface area (Å²) < 4.78 is 9.98. The lowest BCUT2D eigenvalue weighted by Crippen LogP contribution is -2.07. The minimum Gasteiger partial charge on any atom is -0.463 e. The van der Waals surface area contributed by atoms with E-state index < -0.39 is 0 Å². The van der Waals surface area contributed by atoms with Crippen LogP contribution in [0.5, 0.6) is 0 Å². The molecular weight excluding hydrogens is 292 g/mol. The molecule has 4 heteroatoms. The first-order chi connectivity index (χ1) is 10.9. The summed E-state index contributed by atoms with van der Waals surface area (Å²) in [4.78, 5) is 22.7. The van der Waals surface area contributed by atoms with Crippen LogP contribution < -0.4 is 0 Å². The third-order valence-corrected chi connectivity index (χ3v) is 3.15. The number of allylic oxidation sites excluding steroid dienone is 4. The minimum absolute atomic E-state index is 0.226. The molecule has 0 atom stereocenters. The van der Waals surface area contributed by atoms with Crippen LogP contribution in [0.2, 0.25) is 0 Å². The van der Waals surface area contributed by atoms with Crippen molar-refractivity contribution in [2.45, 2.75) is 60.3 Å². The van der Waals surface area contributed by atoms with Crippen molar-refractivity contribution in [1.82, 2.24) is 0 Å². The lowest BCUT2D eigenvalue weighted by Gasteiger charge is -2.07. The molecule has 0 aliphatic heterocycles. The largest absolute Gasteiger partial charge is 0.463 e. The molecule has 23 heavy (non-hydrogen) atoms.